The van der Waals surface area contributed by atoms with E-state index in [0.717, 1.165) is 37.8 Å². The van der Waals surface area contributed by atoms with Crippen LogP contribution in [-0.2, 0) is 11.2 Å². The molecule has 9 heteroatoms. The molecule has 166 valence electrons. The number of nitrogens with zero attached hydrogens (tertiary/aromatic N) is 2. The number of halogens is 3. The second-order valence-electron chi connectivity index (χ2n) is 8.56. The van der Waals surface area contributed by atoms with Gasteiger partial charge in [-0.05, 0) is 49.4 Å². The normalized spacial score (nSPS) is 17.7. The van der Waals surface area contributed by atoms with Gasteiger partial charge in [0, 0.05) is 36.2 Å². The molecule has 3 heterocycles. The van der Waals surface area contributed by atoms with Gasteiger partial charge in [-0.25, -0.2) is 13.8 Å². The minimum Gasteiger partial charge on any atom is -0.339 e. The number of H-pyrrole nitrogens is 1. The molecule has 3 aromatic rings. The van der Waals surface area contributed by atoms with Crippen LogP contribution in [0.15, 0.2) is 36.5 Å². The Balaban J connectivity index is 1.41. The third-order valence-electron chi connectivity index (χ3n) is 6.65. The number of fused-ring (bicyclic) bond motifs is 1. The van der Waals surface area contributed by atoms with Gasteiger partial charge in [0.05, 0.1) is 5.02 Å². The molecule has 2 N–H and O–H groups in total. The summed E-state index contributed by atoms with van der Waals surface area (Å²) in [6, 6.07) is 5.52. The minimum absolute atomic E-state index is 0.0758. The minimum atomic E-state index is -0.983. The van der Waals surface area contributed by atoms with E-state index in [2.05, 4.69) is 15.3 Å². The summed E-state index contributed by atoms with van der Waals surface area (Å²) < 4.78 is 27.7. The largest absolute Gasteiger partial charge is 0.339 e. The number of rotatable bonds is 5. The third-order valence-corrected chi connectivity index (χ3v) is 6.85. The number of likely N-dealkylation sites (tertiary alicyclic amines) is 1. The highest BCUT2D eigenvalue weighted by Gasteiger charge is 2.52. The highest BCUT2D eigenvalue weighted by Crippen LogP contribution is 2.47. The first kappa shape index (κ1) is 20.9. The average Bonchev–Trinajstić information content (AvgIpc) is 3.10. The lowest BCUT2D eigenvalue weighted by molar-refractivity contribution is -0.157. The Morgan fingerprint density at radius 3 is 2.69 bits per heavy atom. The van der Waals surface area contributed by atoms with E-state index in [-0.39, 0.29) is 29.1 Å². The van der Waals surface area contributed by atoms with Crippen molar-refractivity contribution in [1.82, 2.24) is 20.2 Å². The Kier molecular flexibility index (Phi) is 5.12. The van der Waals surface area contributed by atoms with Crippen LogP contribution >= 0.6 is 11.6 Å². The van der Waals surface area contributed by atoms with Gasteiger partial charge in [0.25, 0.3) is 5.91 Å². The molecule has 5 rings (SSSR count). The zero-order valence-electron chi connectivity index (χ0n) is 17.1. The Bertz CT molecular complexity index is 1220. The first-order chi connectivity index (χ1) is 15.3. The number of hydrogen-bond acceptors (Lipinski definition) is 3. The van der Waals surface area contributed by atoms with Gasteiger partial charge >= 0.3 is 0 Å². The van der Waals surface area contributed by atoms with Gasteiger partial charge in [0.1, 0.15) is 29.0 Å². The Hall–Kier alpha value is -3.00. The number of carbonyl (C=O) groups is 2. The fraction of sp³-hybridized carbons (Fsp3) is 0.348. The van der Waals surface area contributed by atoms with Gasteiger partial charge in [0.15, 0.2) is 0 Å². The predicted molar refractivity (Wildman–Crippen MR) is 115 cm³/mol. The lowest BCUT2D eigenvalue weighted by Gasteiger charge is -2.59. The van der Waals surface area contributed by atoms with Gasteiger partial charge in [0.2, 0.25) is 5.91 Å². The number of amides is 2. The van der Waals surface area contributed by atoms with E-state index in [4.69, 9.17) is 11.6 Å². The summed E-state index contributed by atoms with van der Waals surface area (Å²) in [7, 11) is 0. The van der Waals surface area contributed by atoms with E-state index in [0.29, 0.717) is 22.6 Å². The molecule has 32 heavy (non-hydrogen) atoms. The van der Waals surface area contributed by atoms with E-state index < -0.39 is 23.6 Å². The topological polar surface area (TPSA) is 78.1 Å². The predicted octanol–water partition coefficient (Wildman–Crippen LogP) is 3.99. The maximum absolute atomic E-state index is 14.3. The zero-order chi connectivity index (χ0) is 22.5. The molecule has 0 radical (unpaired) electrons. The van der Waals surface area contributed by atoms with E-state index in [1.807, 2.05) is 0 Å². The average molecular weight is 459 g/mol. The van der Waals surface area contributed by atoms with E-state index in [1.165, 1.54) is 12.3 Å². The quantitative estimate of drug-likeness (QED) is 0.607. The lowest BCUT2D eigenvalue weighted by Crippen LogP contribution is -2.68. The van der Waals surface area contributed by atoms with Crippen molar-refractivity contribution in [1.29, 1.82) is 0 Å². The summed E-state index contributed by atoms with van der Waals surface area (Å²) in [6.07, 6.45) is 5.29. The summed E-state index contributed by atoms with van der Waals surface area (Å²) in [5.41, 5.74) is 0.749. The van der Waals surface area contributed by atoms with Crippen molar-refractivity contribution < 1.29 is 18.4 Å². The first-order valence-electron chi connectivity index (χ1n) is 10.6. The lowest BCUT2D eigenvalue weighted by atomic mass is 9.67. The van der Waals surface area contributed by atoms with E-state index in [9.17, 15) is 18.4 Å². The molecule has 1 spiro atoms. The van der Waals surface area contributed by atoms with Crippen LogP contribution in [0.5, 0.6) is 0 Å². The van der Waals surface area contributed by atoms with Crippen LogP contribution in [0.4, 0.5) is 8.78 Å². The molecular formula is C23H21ClF2N4O2. The number of aromatic amines is 1. The van der Waals surface area contributed by atoms with Crippen molar-refractivity contribution >= 4 is 34.4 Å². The van der Waals surface area contributed by atoms with Crippen LogP contribution in [0.3, 0.4) is 0 Å². The molecule has 0 bridgehead atoms. The molecule has 2 aromatic heterocycles. The molecule has 1 saturated carbocycles. The summed E-state index contributed by atoms with van der Waals surface area (Å²) >= 11 is 5.96. The molecule has 2 aliphatic rings. The fourth-order valence-electron chi connectivity index (χ4n) is 4.63. The number of pyridine rings is 1. The summed E-state index contributed by atoms with van der Waals surface area (Å²) in [5.74, 6) is -2.20. The highest BCUT2D eigenvalue weighted by molar-refractivity contribution is 6.31. The maximum atomic E-state index is 14.3. The molecule has 1 aliphatic heterocycles. The smallest absolute Gasteiger partial charge is 0.268 e. The Morgan fingerprint density at radius 1 is 1.22 bits per heavy atom. The molecule has 2 amide bonds. The van der Waals surface area contributed by atoms with E-state index >= 15 is 0 Å². The summed E-state index contributed by atoms with van der Waals surface area (Å²) in [5, 5.41) is 3.85. The molecule has 6 nitrogen and oxygen atoms in total. The monoisotopic (exact) mass is 458 g/mol. The van der Waals surface area contributed by atoms with Crippen LogP contribution in [0, 0.1) is 11.6 Å². The SMILES string of the molecule is O=C(NC(Cc1ccc(F)cc1F)C(=O)N1CCC12CCC2)c1cc2cc(Cl)cnc2[nH]1. The van der Waals surface area contributed by atoms with Crippen LogP contribution in [-0.4, -0.2) is 44.8 Å². The first-order valence-corrected chi connectivity index (χ1v) is 10.9. The second-order valence-corrected chi connectivity index (χ2v) is 8.99. The standard InChI is InChI=1S/C23H21ClF2N4O2/c24-15-8-14-10-18(28-20(14)27-12-15)21(31)29-19(9-13-2-3-16(25)11-17(13)26)22(32)30-7-6-23(30)4-1-5-23/h2-3,8,10-12,19H,1,4-7,9H2,(H,27,28)(H,29,31). The number of aromatic nitrogens is 2. The molecule has 1 aliphatic carbocycles. The molecule has 1 aromatic carbocycles. The zero-order valence-corrected chi connectivity index (χ0v) is 17.9. The van der Waals surface area contributed by atoms with Crippen molar-refractivity contribution in [3.8, 4) is 0 Å². The van der Waals surface area contributed by atoms with Crippen LogP contribution in [0.2, 0.25) is 5.02 Å². The second kappa shape index (κ2) is 7.85. The Morgan fingerprint density at radius 2 is 2.03 bits per heavy atom. The third kappa shape index (κ3) is 3.62. The van der Waals surface area contributed by atoms with Crippen molar-refractivity contribution in [2.45, 2.75) is 43.7 Å². The van der Waals surface area contributed by atoms with Gasteiger partial charge in [-0.15, -0.1) is 0 Å². The van der Waals surface area contributed by atoms with Crippen molar-refractivity contribution in [3.63, 3.8) is 0 Å². The van der Waals surface area contributed by atoms with Crippen molar-refractivity contribution in [2.24, 2.45) is 0 Å². The van der Waals surface area contributed by atoms with E-state index in [1.54, 1.807) is 17.0 Å². The highest BCUT2D eigenvalue weighted by atomic mass is 35.5. The van der Waals surface area contributed by atoms with Gasteiger partial charge < -0.3 is 15.2 Å². The molecule has 1 atom stereocenters. The van der Waals surface area contributed by atoms with Crippen molar-refractivity contribution in [3.05, 3.63) is 64.4 Å². The number of benzene rings is 1. The van der Waals surface area contributed by atoms with Gasteiger partial charge in [-0.2, -0.15) is 0 Å². The van der Waals surface area contributed by atoms with Crippen LogP contribution < -0.4 is 5.32 Å². The van der Waals surface area contributed by atoms with Gasteiger partial charge in [-0.1, -0.05) is 17.7 Å². The van der Waals surface area contributed by atoms with Crippen LogP contribution in [0.25, 0.3) is 11.0 Å². The maximum Gasteiger partial charge on any atom is 0.268 e. The molecule has 1 saturated heterocycles. The number of hydrogen-bond donors (Lipinski definition) is 2. The molecular weight excluding hydrogens is 438 g/mol. The molecule has 2 fully saturated rings. The summed E-state index contributed by atoms with van der Waals surface area (Å²) in [6.45, 7) is 0.617. The Labute approximate surface area is 188 Å². The fourth-order valence-corrected chi connectivity index (χ4v) is 4.80. The van der Waals surface area contributed by atoms with Crippen LogP contribution in [0.1, 0.15) is 41.7 Å². The van der Waals surface area contributed by atoms with Crippen molar-refractivity contribution in [2.75, 3.05) is 6.54 Å². The summed E-state index contributed by atoms with van der Waals surface area (Å²) in [4.78, 5) is 35.2. The number of carbonyl (C=O) groups excluding carboxylic acids is 2. The number of nitrogens with one attached hydrogen (secondary N) is 2. The van der Waals surface area contributed by atoms with Gasteiger partial charge in [-0.3, -0.25) is 9.59 Å². The molecule has 1 unspecified atom stereocenters.